The van der Waals surface area contributed by atoms with E-state index in [1.165, 1.54) is 0 Å². The summed E-state index contributed by atoms with van der Waals surface area (Å²) in [6, 6.07) is 9.76. The standard InChI is InChI=1S/C20H26N4O2/c1-2-3-12-21-19(25)17-16-11-7-8-13-24(16)18(23-17)20(26)22-14-15-9-5-4-6-10-15/h4-6,9-10H,2-3,7-8,11-14H2,1H3,(H,21,25)(H,22,26). The highest BCUT2D eigenvalue weighted by Gasteiger charge is 2.27. The number of carbonyl (C=O) groups excluding carboxylic acids is 2. The zero-order chi connectivity index (χ0) is 18.4. The minimum atomic E-state index is -0.232. The maximum Gasteiger partial charge on any atom is 0.287 e. The van der Waals surface area contributed by atoms with Crippen molar-refractivity contribution in [2.45, 2.75) is 52.1 Å². The molecule has 1 aromatic heterocycles. The Labute approximate surface area is 154 Å². The molecule has 2 heterocycles. The molecule has 0 aliphatic carbocycles. The molecular weight excluding hydrogens is 328 g/mol. The van der Waals surface area contributed by atoms with Crippen LogP contribution in [0.3, 0.4) is 0 Å². The molecule has 1 aliphatic rings. The quantitative estimate of drug-likeness (QED) is 0.751. The zero-order valence-electron chi connectivity index (χ0n) is 15.3. The number of benzene rings is 1. The Morgan fingerprint density at radius 3 is 2.69 bits per heavy atom. The smallest absolute Gasteiger partial charge is 0.287 e. The van der Waals surface area contributed by atoms with Gasteiger partial charge in [0.05, 0.1) is 5.69 Å². The Bertz CT molecular complexity index is 768. The highest BCUT2D eigenvalue weighted by atomic mass is 16.2. The van der Waals surface area contributed by atoms with Crippen molar-refractivity contribution in [3.05, 3.63) is 53.1 Å². The molecule has 3 rings (SSSR count). The van der Waals surface area contributed by atoms with Gasteiger partial charge in [-0.2, -0.15) is 0 Å². The van der Waals surface area contributed by atoms with Gasteiger partial charge in [-0.15, -0.1) is 0 Å². The molecule has 6 heteroatoms. The molecule has 6 nitrogen and oxygen atoms in total. The van der Waals surface area contributed by atoms with Crippen LogP contribution in [-0.2, 0) is 19.5 Å². The van der Waals surface area contributed by atoms with Gasteiger partial charge in [0.1, 0.15) is 5.69 Å². The Morgan fingerprint density at radius 2 is 1.92 bits per heavy atom. The normalized spacial score (nSPS) is 13.1. The average molecular weight is 354 g/mol. The third-order valence-corrected chi connectivity index (χ3v) is 4.65. The number of imidazole rings is 1. The molecule has 0 radical (unpaired) electrons. The van der Waals surface area contributed by atoms with Gasteiger partial charge in [0.2, 0.25) is 0 Å². The minimum absolute atomic E-state index is 0.175. The third kappa shape index (κ3) is 4.12. The maximum absolute atomic E-state index is 12.7. The Balaban J connectivity index is 1.76. The second kappa shape index (κ2) is 8.65. The first-order valence-corrected chi connectivity index (χ1v) is 9.40. The molecule has 2 amide bonds. The van der Waals surface area contributed by atoms with Gasteiger partial charge in [0, 0.05) is 19.6 Å². The van der Waals surface area contributed by atoms with Crippen LogP contribution in [0.2, 0.25) is 0 Å². The van der Waals surface area contributed by atoms with E-state index in [2.05, 4.69) is 22.5 Å². The maximum atomic E-state index is 12.7. The molecule has 0 saturated heterocycles. The summed E-state index contributed by atoms with van der Waals surface area (Å²) < 4.78 is 1.92. The first kappa shape index (κ1) is 18.2. The SMILES string of the molecule is CCCCNC(=O)c1nc(C(=O)NCc2ccccc2)n2c1CCCC2. The molecule has 0 saturated carbocycles. The van der Waals surface area contributed by atoms with Crippen LogP contribution in [0.25, 0.3) is 0 Å². The molecule has 0 bridgehead atoms. The summed E-state index contributed by atoms with van der Waals surface area (Å²) >= 11 is 0. The van der Waals surface area contributed by atoms with Crippen LogP contribution in [0.4, 0.5) is 0 Å². The van der Waals surface area contributed by atoms with Crippen LogP contribution in [-0.4, -0.2) is 27.9 Å². The van der Waals surface area contributed by atoms with Gasteiger partial charge >= 0.3 is 0 Å². The number of carbonyl (C=O) groups is 2. The molecule has 1 aromatic carbocycles. The summed E-state index contributed by atoms with van der Waals surface area (Å²) in [5.74, 6) is -0.0629. The lowest BCUT2D eigenvalue weighted by Gasteiger charge is -2.17. The van der Waals surface area contributed by atoms with Gasteiger partial charge < -0.3 is 15.2 Å². The first-order chi connectivity index (χ1) is 12.7. The molecule has 0 unspecified atom stereocenters. The van der Waals surface area contributed by atoms with E-state index < -0.39 is 0 Å². The summed E-state index contributed by atoms with van der Waals surface area (Å²) in [4.78, 5) is 29.6. The number of nitrogens with zero attached hydrogens (tertiary/aromatic N) is 2. The fraction of sp³-hybridized carbons (Fsp3) is 0.450. The van der Waals surface area contributed by atoms with E-state index in [0.717, 1.165) is 49.9 Å². The van der Waals surface area contributed by atoms with Crippen molar-refractivity contribution in [2.24, 2.45) is 0 Å². The second-order valence-electron chi connectivity index (χ2n) is 6.62. The highest BCUT2D eigenvalue weighted by Crippen LogP contribution is 2.21. The molecule has 0 atom stereocenters. The lowest BCUT2D eigenvalue weighted by atomic mass is 10.1. The van der Waals surface area contributed by atoms with E-state index >= 15 is 0 Å². The van der Waals surface area contributed by atoms with Gasteiger partial charge in [-0.05, 0) is 31.2 Å². The highest BCUT2D eigenvalue weighted by molar-refractivity contribution is 5.97. The van der Waals surface area contributed by atoms with Crippen LogP contribution in [0.15, 0.2) is 30.3 Å². The summed E-state index contributed by atoms with van der Waals surface area (Å²) in [5, 5.41) is 5.83. The summed E-state index contributed by atoms with van der Waals surface area (Å²) in [6.45, 7) is 3.90. The monoisotopic (exact) mass is 354 g/mol. The van der Waals surface area contributed by atoms with Crippen molar-refractivity contribution in [3.63, 3.8) is 0 Å². The van der Waals surface area contributed by atoms with Gasteiger partial charge in [0.15, 0.2) is 5.82 Å². The van der Waals surface area contributed by atoms with E-state index in [1.54, 1.807) is 0 Å². The number of unbranched alkanes of at least 4 members (excludes halogenated alkanes) is 1. The Kier molecular flexibility index (Phi) is 6.04. The summed E-state index contributed by atoms with van der Waals surface area (Å²) in [7, 11) is 0. The topological polar surface area (TPSA) is 76.0 Å². The van der Waals surface area contributed by atoms with E-state index in [4.69, 9.17) is 0 Å². The van der Waals surface area contributed by atoms with Gasteiger partial charge in [-0.25, -0.2) is 4.98 Å². The van der Waals surface area contributed by atoms with Crippen LogP contribution < -0.4 is 10.6 Å². The Morgan fingerprint density at radius 1 is 1.12 bits per heavy atom. The van der Waals surface area contributed by atoms with Gasteiger partial charge in [0.25, 0.3) is 11.8 Å². The molecule has 2 aromatic rings. The van der Waals surface area contributed by atoms with Crippen LogP contribution in [0.1, 0.15) is 65.0 Å². The van der Waals surface area contributed by atoms with E-state index in [1.807, 2.05) is 34.9 Å². The third-order valence-electron chi connectivity index (χ3n) is 4.65. The number of aromatic nitrogens is 2. The van der Waals surface area contributed by atoms with E-state index in [0.29, 0.717) is 24.6 Å². The van der Waals surface area contributed by atoms with E-state index in [9.17, 15) is 9.59 Å². The van der Waals surface area contributed by atoms with Crippen molar-refractivity contribution < 1.29 is 9.59 Å². The molecule has 0 fully saturated rings. The fourth-order valence-corrected chi connectivity index (χ4v) is 3.22. The largest absolute Gasteiger partial charge is 0.351 e. The van der Waals surface area contributed by atoms with Crippen molar-refractivity contribution in [1.82, 2.24) is 20.2 Å². The molecule has 1 aliphatic heterocycles. The lowest BCUT2D eigenvalue weighted by Crippen LogP contribution is -2.27. The fourth-order valence-electron chi connectivity index (χ4n) is 3.22. The second-order valence-corrected chi connectivity index (χ2v) is 6.62. The summed E-state index contributed by atoms with van der Waals surface area (Å²) in [5.41, 5.74) is 2.32. The molecule has 26 heavy (non-hydrogen) atoms. The number of nitrogens with one attached hydrogen (secondary N) is 2. The van der Waals surface area contributed by atoms with Crippen LogP contribution >= 0.6 is 0 Å². The molecule has 138 valence electrons. The van der Waals surface area contributed by atoms with Crippen LogP contribution in [0, 0.1) is 0 Å². The van der Waals surface area contributed by atoms with Crippen molar-refractivity contribution >= 4 is 11.8 Å². The van der Waals surface area contributed by atoms with Crippen molar-refractivity contribution in [1.29, 1.82) is 0 Å². The van der Waals surface area contributed by atoms with Gasteiger partial charge in [-0.1, -0.05) is 43.7 Å². The first-order valence-electron chi connectivity index (χ1n) is 9.40. The van der Waals surface area contributed by atoms with Crippen LogP contribution in [0.5, 0.6) is 0 Å². The van der Waals surface area contributed by atoms with Crippen molar-refractivity contribution in [2.75, 3.05) is 6.54 Å². The predicted octanol–water partition coefficient (Wildman–Crippen LogP) is 2.68. The van der Waals surface area contributed by atoms with E-state index in [-0.39, 0.29) is 11.8 Å². The number of rotatable bonds is 7. The average Bonchev–Trinajstić information content (AvgIpc) is 3.07. The number of hydrogen-bond acceptors (Lipinski definition) is 3. The molecule has 2 N–H and O–H groups in total. The minimum Gasteiger partial charge on any atom is -0.351 e. The molecular formula is C20H26N4O2. The Hall–Kier alpha value is -2.63. The predicted molar refractivity (Wildman–Crippen MR) is 100 cm³/mol. The number of amides is 2. The lowest BCUT2D eigenvalue weighted by molar-refractivity contribution is 0.0935. The van der Waals surface area contributed by atoms with Crippen molar-refractivity contribution in [3.8, 4) is 0 Å². The number of hydrogen-bond donors (Lipinski definition) is 2. The number of fused-ring (bicyclic) bond motifs is 1. The summed E-state index contributed by atoms with van der Waals surface area (Å²) in [6.07, 6.45) is 4.77. The van der Waals surface area contributed by atoms with Gasteiger partial charge in [-0.3, -0.25) is 9.59 Å². The zero-order valence-corrected chi connectivity index (χ0v) is 15.3. The molecule has 0 spiro atoms.